The number of benzene rings is 1. The number of nitrogens with one attached hydrogen (secondary N) is 2. The van der Waals surface area contributed by atoms with Gasteiger partial charge in [-0.15, -0.1) is 0 Å². The second kappa shape index (κ2) is 6.11. The first-order valence-electron chi connectivity index (χ1n) is 6.40. The van der Waals surface area contributed by atoms with Crippen LogP contribution in [0.25, 0.3) is 0 Å². The lowest BCUT2D eigenvalue weighted by molar-refractivity contribution is 0.0991. The highest BCUT2D eigenvalue weighted by Gasteiger charge is 2.19. The van der Waals surface area contributed by atoms with Gasteiger partial charge in [-0.2, -0.15) is 0 Å². The van der Waals surface area contributed by atoms with Crippen LogP contribution >= 0.6 is 0 Å². The SMILES string of the molecule is CCc1ccc(NC(=O)c2ccc(S(=O)(=O)NC)o2)cc1. The minimum absolute atomic E-state index is 0.0663. The third kappa shape index (κ3) is 3.50. The van der Waals surface area contributed by atoms with E-state index < -0.39 is 15.9 Å². The van der Waals surface area contributed by atoms with E-state index in [1.165, 1.54) is 19.2 Å². The lowest BCUT2D eigenvalue weighted by atomic mass is 10.1. The highest BCUT2D eigenvalue weighted by molar-refractivity contribution is 7.89. The molecule has 0 aliphatic heterocycles. The van der Waals surface area contributed by atoms with E-state index in [9.17, 15) is 13.2 Å². The van der Waals surface area contributed by atoms with Gasteiger partial charge in [0.15, 0.2) is 5.76 Å². The van der Waals surface area contributed by atoms with Gasteiger partial charge in [0.1, 0.15) is 0 Å². The van der Waals surface area contributed by atoms with Crippen molar-refractivity contribution in [1.29, 1.82) is 0 Å². The molecule has 0 atom stereocenters. The molecule has 0 saturated heterocycles. The molecule has 0 aliphatic rings. The number of rotatable bonds is 5. The molecule has 112 valence electrons. The minimum Gasteiger partial charge on any atom is -0.438 e. The molecular formula is C14H16N2O4S. The summed E-state index contributed by atoms with van der Waals surface area (Å²) in [5, 5.41) is 2.35. The quantitative estimate of drug-likeness (QED) is 0.884. The lowest BCUT2D eigenvalue weighted by Crippen LogP contribution is -2.18. The fraction of sp³-hybridized carbons (Fsp3) is 0.214. The summed E-state index contributed by atoms with van der Waals surface area (Å²) < 4.78 is 30.2. The molecule has 0 aliphatic carbocycles. The molecule has 0 spiro atoms. The minimum atomic E-state index is -3.69. The first kappa shape index (κ1) is 15.3. The van der Waals surface area contributed by atoms with Crippen LogP contribution < -0.4 is 10.0 Å². The molecule has 7 heteroatoms. The number of anilines is 1. The first-order chi connectivity index (χ1) is 9.96. The highest BCUT2D eigenvalue weighted by Crippen LogP contribution is 2.16. The van der Waals surface area contributed by atoms with Crippen LogP contribution in [-0.2, 0) is 16.4 Å². The van der Waals surface area contributed by atoms with Crippen molar-refractivity contribution in [2.24, 2.45) is 0 Å². The maximum Gasteiger partial charge on any atom is 0.291 e. The molecule has 0 saturated carbocycles. The third-order valence-electron chi connectivity index (χ3n) is 2.96. The van der Waals surface area contributed by atoms with E-state index in [1.807, 2.05) is 19.1 Å². The zero-order valence-electron chi connectivity index (χ0n) is 11.7. The lowest BCUT2D eigenvalue weighted by Gasteiger charge is -2.04. The predicted octanol–water partition coefficient (Wildman–Crippen LogP) is 2.00. The molecule has 2 aromatic rings. The van der Waals surface area contributed by atoms with Crippen molar-refractivity contribution in [2.75, 3.05) is 12.4 Å². The third-order valence-corrected chi connectivity index (χ3v) is 4.25. The van der Waals surface area contributed by atoms with Gasteiger partial charge in [-0.3, -0.25) is 4.79 Å². The molecule has 0 bridgehead atoms. The van der Waals surface area contributed by atoms with Crippen LogP contribution in [-0.4, -0.2) is 21.4 Å². The Morgan fingerprint density at radius 2 is 1.81 bits per heavy atom. The standard InChI is InChI=1S/C14H16N2O4S/c1-3-10-4-6-11(7-5-10)16-14(17)12-8-9-13(20-12)21(18,19)15-2/h4-9,15H,3H2,1-2H3,(H,16,17). The predicted molar refractivity (Wildman–Crippen MR) is 78.7 cm³/mol. The van der Waals surface area contributed by atoms with Crippen LogP contribution in [0.4, 0.5) is 5.69 Å². The van der Waals surface area contributed by atoms with Gasteiger partial charge in [0.2, 0.25) is 5.09 Å². The van der Waals surface area contributed by atoms with Gasteiger partial charge in [0.05, 0.1) is 0 Å². The van der Waals surface area contributed by atoms with Crippen LogP contribution in [0.3, 0.4) is 0 Å². The summed E-state index contributed by atoms with van der Waals surface area (Å²) in [5.74, 6) is -0.569. The van der Waals surface area contributed by atoms with E-state index in [-0.39, 0.29) is 10.9 Å². The van der Waals surface area contributed by atoms with Crippen molar-refractivity contribution in [3.05, 3.63) is 47.7 Å². The second-order valence-corrected chi connectivity index (χ2v) is 6.15. The van der Waals surface area contributed by atoms with Crippen LogP contribution in [0.2, 0.25) is 0 Å². The average Bonchev–Trinajstić information content (AvgIpc) is 2.99. The van der Waals surface area contributed by atoms with Crippen molar-refractivity contribution in [2.45, 2.75) is 18.4 Å². The maximum atomic E-state index is 12.0. The van der Waals surface area contributed by atoms with Gasteiger partial charge in [-0.1, -0.05) is 19.1 Å². The summed E-state index contributed by atoms with van der Waals surface area (Å²) in [7, 11) is -2.42. The summed E-state index contributed by atoms with van der Waals surface area (Å²) in [5.41, 5.74) is 1.78. The van der Waals surface area contributed by atoms with Gasteiger partial charge < -0.3 is 9.73 Å². The van der Waals surface area contributed by atoms with Gasteiger partial charge >= 0.3 is 0 Å². The fourth-order valence-electron chi connectivity index (χ4n) is 1.70. The summed E-state index contributed by atoms with van der Waals surface area (Å²) in [6.07, 6.45) is 0.914. The molecule has 0 radical (unpaired) electrons. The van der Waals surface area contributed by atoms with E-state index >= 15 is 0 Å². The average molecular weight is 308 g/mol. The zero-order valence-corrected chi connectivity index (χ0v) is 12.5. The topological polar surface area (TPSA) is 88.4 Å². The number of furan rings is 1. The van der Waals surface area contributed by atoms with Crippen molar-refractivity contribution < 1.29 is 17.6 Å². The first-order valence-corrected chi connectivity index (χ1v) is 7.88. The summed E-state index contributed by atoms with van der Waals surface area (Å²) >= 11 is 0. The number of aryl methyl sites for hydroxylation is 1. The van der Waals surface area contributed by atoms with Crippen LogP contribution in [0, 0.1) is 0 Å². The van der Waals surface area contributed by atoms with Crippen molar-refractivity contribution in [1.82, 2.24) is 4.72 Å². The smallest absolute Gasteiger partial charge is 0.291 e. The summed E-state index contributed by atoms with van der Waals surface area (Å²) in [6, 6.07) is 9.94. The summed E-state index contributed by atoms with van der Waals surface area (Å²) in [6.45, 7) is 2.04. The number of hydrogen-bond acceptors (Lipinski definition) is 4. The monoisotopic (exact) mass is 308 g/mol. The van der Waals surface area contributed by atoms with E-state index in [0.29, 0.717) is 5.69 Å². The Kier molecular flexibility index (Phi) is 4.44. The van der Waals surface area contributed by atoms with E-state index in [2.05, 4.69) is 10.0 Å². The summed E-state index contributed by atoms with van der Waals surface area (Å²) in [4.78, 5) is 12.0. The molecule has 1 amide bonds. The van der Waals surface area contributed by atoms with Crippen molar-refractivity contribution in [3.63, 3.8) is 0 Å². The molecule has 2 rings (SSSR count). The Hall–Kier alpha value is -2.12. The van der Waals surface area contributed by atoms with Gasteiger partial charge in [0.25, 0.3) is 15.9 Å². The van der Waals surface area contributed by atoms with E-state index in [1.54, 1.807) is 12.1 Å². The number of hydrogen-bond donors (Lipinski definition) is 2. The van der Waals surface area contributed by atoms with Gasteiger partial charge in [-0.25, -0.2) is 13.1 Å². The van der Waals surface area contributed by atoms with E-state index in [4.69, 9.17) is 4.42 Å². The normalized spacial score (nSPS) is 11.3. The van der Waals surface area contributed by atoms with Crippen LogP contribution in [0.15, 0.2) is 45.9 Å². The Labute approximate surface area is 123 Å². The molecular weight excluding hydrogens is 292 g/mol. The maximum absolute atomic E-state index is 12.0. The number of carbonyl (C=O) groups is 1. The number of amides is 1. The van der Waals surface area contributed by atoms with E-state index in [0.717, 1.165) is 12.0 Å². The molecule has 0 fully saturated rings. The van der Waals surface area contributed by atoms with Gasteiger partial charge in [-0.05, 0) is 43.3 Å². The highest BCUT2D eigenvalue weighted by atomic mass is 32.2. The Morgan fingerprint density at radius 1 is 1.14 bits per heavy atom. The molecule has 0 unspecified atom stereocenters. The molecule has 1 heterocycles. The second-order valence-electron chi connectivity index (χ2n) is 4.33. The van der Waals surface area contributed by atoms with Crippen molar-refractivity contribution >= 4 is 21.6 Å². The Morgan fingerprint density at radius 3 is 2.38 bits per heavy atom. The zero-order chi connectivity index (χ0) is 15.5. The largest absolute Gasteiger partial charge is 0.438 e. The van der Waals surface area contributed by atoms with Gasteiger partial charge in [0, 0.05) is 5.69 Å². The van der Waals surface area contributed by atoms with Crippen molar-refractivity contribution in [3.8, 4) is 0 Å². The Balaban J connectivity index is 2.13. The molecule has 2 N–H and O–H groups in total. The van der Waals surface area contributed by atoms with Crippen LogP contribution in [0.1, 0.15) is 23.0 Å². The molecule has 1 aromatic carbocycles. The number of sulfonamides is 1. The van der Waals surface area contributed by atoms with Crippen LogP contribution in [0.5, 0.6) is 0 Å². The number of carbonyl (C=O) groups excluding carboxylic acids is 1. The molecule has 1 aromatic heterocycles. The fourth-order valence-corrected chi connectivity index (χ4v) is 2.35. The Bertz CT molecular complexity index is 733. The molecule has 21 heavy (non-hydrogen) atoms. The molecule has 6 nitrogen and oxygen atoms in total.